The van der Waals surface area contributed by atoms with Gasteiger partial charge < -0.3 is 9.84 Å². The Balaban J connectivity index is 1.30. The summed E-state index contributed by atoms with van der Waals surface area (Å²) in [5.41, 5.74) is 1.33. The fraction of sp³-hybridized carbons (Fsp3) is 0.208. The highest BCUT2D eigenvalue weighted by atomic mass is 19.1. The molecule has 7 heteroatoms. The van der Waals surface area contributed by atoms with Gasteiger partial charge in [0.05, 0.1) is 6.04 Å². The maximum atomic E-state index is 13.1. The van der Waals surface area contributed by atoms with Crippen molar-refractivity contribution in [2.75, 3.05) is 13.6 Å². The quantitative estimate of drug-likeness (QED) is 0.540. The standard InChI is InChI=1S/C24H21FN4O2/c1-29-14-20(26-23(30)16-8-10-19(25)11-9-16)13-21(29)24-27-22(28-31-24)18-7-6-15-4-2-3-5-17(15)12-18/h2-12,20-21H,13-14H2,1H3,(H,26,30). The van der Waals surface area contributed by atoms with E-state index in [1.54, 1.807) is 0 Å². The average Bonchev–Trinajstić information content (AvgIpc) is 3.40. The van der Waals surface area contributed by atoms with Gasteiger partial charge in [-0.05, 0) is 54.6 Å². The number of halogens is 1. The molecule has 4 aromatic rings. The third kappa shape index (κ3) is 3.92. The van der Waals surface area contributed by atoms with Gasteiger partial charge in [-0.25, -0.2) is 4.39 Å². The molecule has 1 N–H and O–H groups in total. The Kier molecular flexibility index (Phi) is 4.95. The number of amides is 1. The van der Waals surface area contributed by atoms with Gasteiger partial charge in [-0.15, -0.1) is 0 Å². The molecule has 0 radical (unpaired) electrons. The predicted octanol–water partition coefficient (Wildman–Crippen LogP) is 4.20. The van der Waals surface area contributed by atoms with E-state index in [1.807, 2.05) is 37.4 Å². The van der Waals surface area contributed by atoms with Crippen molar-refractivity contribution in [3.05, 3.63) is 84.0 Å². The summed E-state index contributed by atoms with van der Waals surface area (Å²) in [5.74, 6) is 0.495. The number of hydrogen-bond acceptors (Lipinski definition) is 5. The van der Waals surface area contributed by atoms with Crippen LogP contribution in [-0.4, -0.2) is 40.6 Å². The Morgan fingerprint density at radius 2 is 1.87 bits per heavy atom. The van der Waals surface area contributed by atoms with E-state index >= 15 is 0 Å². The van der Waals surface area contributed by atoms with Crippen molar-refractivity contribution in [2.24, 2.45) is 0 Å². The number of rotatable bonds is 4. The SMILES string of the molecule is CN1CC(NC(=O)c2ccc(F)cc2)CC1c1nc(-c2ccc3ccccc3c2)no1. The smallest absolute Gasteiger partial charge is 0.251 e. The lowest BCUT2D eigenvalue weighted by Gasteiger charge is -2.14. The van der Waals surface area contributed by atoms with Crippen molar-refractivity contribution in [1.29, 1.82) is 0 Å². The van der Waals surface area contributed by atoms with Crippen LogP contribution in [0.2, 0.25) is 0 Å². The first-order valence-corrected chi connectivity index (χ1v) is 10.2. The molecule has 1 fully saturated rings. The van der Waals surface area contributed by atoms with Crippen molar-refractivity contribution in [3.8, 4) is 11.4 Å². The van der Waals surface area contributed by atoms with Gasteiger partial charge in [-0.2, -0.15) is 4.98 Å². The van der Waals surface area contributed by atoms with Gasteiger partial charge in [0, 0.05) is 23.7 Å². The first kappa shape index (κ1) is 19.4. The van der Waals surface area contributed by atoms with Crippen LogP contribution in [0.25, 0.3) is 22.2 Å². The lowest BCUT2D eigenvalue weighted by Crippen LogP contribution is -2.36. The van der Waals surface area contributed by atoms with Crippen LogP contribution in [0.15, 0.2) is 71.3 Å². The second-order valence-electron chi connectivity index (χ2n) is 7.89. The summed E-state index contributed by atoms with van der Waals surface area (Å²) in [6.07, 6.45) is 0.656. The number of nitrogens with one attached hydrogen (secondary N) is 1. The van der Waals surface area contributed by atoms with Crippen LogP contribution in [0.1, 0.15) is 28.7 Å². The Morgan fingerprint density at radius 3 is 2.68 bits per heavy atom. The van der Waals surface area contributed by atoms with Crippen LogP contribution in [0.4, 0.5) is 4.39 Å². The number of nitrogens with zero attached hydrogens (tertiary/aromatic N) is 3. The van der Waals surface area contributed by atoms with Gasteiger partial charge in [0.2, 0.25) is 11.7 Å². The molecule has 0 bridgehead atoms. The fourth-order valence-corrected chi connectivity index (χ4v) is 4.08. The van der Waals surface area contributed by atoms with Gasteiger partial charge in [0.25, 0.3) is 5.91 Å². The molecule has 1 amide bonds. The predicted molar refractivity (Wildman–Crippen MR) is 115 cm³/mol. The molecule has 1 aliphatic rings. The third-order valence-electron chi connectivity index (χ3n) is 5.72. The first-order valence-electron chi connectivity index (χ1n) is 10.2. The van der Waals surface area contributed by atoms with E-state index in [0.717, 1.165) is 16.3 Å². The largest absolute Gasteiger partial charge is 0.348 e. The molecule has 2 atom stereocenters. The molecular formula is C24H21FN4O2. The molecule has 0 spiro atoms. The molecule has 156 valence electrons. The van der Waals surface area contributed by atoms with Gasteiger partial charge in [-0.1, -0.05) is 41.6 Å². The van der Waals surface area contributed by atoms with Crippen LogP contribution in [0, 0.1) is 5.82 Å². The minimum atomic E-state index is -0.365. The van der Waals surface area contributed by atoms with Gasteiger partial charge in [0.1, 0.15) is 5.82 Å². The topological polar surface area (TPSA) is 71.3 Å². The maximum absolute atomic E-state index is 13.1. The number of likely N-dealkylation sites (N-methyl/N-ethyl adjacent to an activating group) is 1. The minimum absolute atomic E-state index is 0.0661. The fourth-order valence-electron chi connectivity index (χ4n) is 4.08. The summed E-state index contributed by atoms with van der Waals surface area (Å²) in [5, 5.41) is 9.46. The highest BCUT2D eigenvalue weighted by molar-refractivity contribution is 5.94. The highest BCUT2D eigenvalue weighted by Crippen LogP contribution is 2.31. The summed E-state index contributed by atoms with van der Waals surface area (Å²) in [4.78, 5) is 19.2. The monoisotopic (exact) mass is 416 g/mol. The zero-order chi connectivity index (χ0) is 21.4. The van der Waals surface area contributed by atoms with E-state index in [-0.39, 0.29) is 23.8 Å². The molecule has 2 heterocycles. The summed E-state index contributed by atoms with van der Waals surface area (Å²) >= 11 is 0. The van der Waals surface area contributed by atoms with E-state index in [9.17, 15) is 9.18 Å². The number of aromatic nitrogens is 2. The zero-order valence-corrected chi connectivity index (χ0v) is 17.0. The van der Waals surface area contributed by atoms with Crippen LogP contribution < -0.4 is 5.32 Å². The Bertz CT molecular complexity index is 1240. The van der Waals surface area contributed by atoms with Gasteiger partial charge >= 0.3 is 0 Å². The molecule has 0 aliphatic carbocycles. The summed E-state index contributed by atoms with van der Waals surface area (Å²) in [6, 6.07) is 19.6. The van der Waals surface area contributed by atoms with Crippen LogP contribution >= 0.6 is 0 Å². The number of benzene rings is 3. The molecule has 1 aromatic heterocycles. The Morgan fingerprint density at radius 1 is 1.10 bits per heavy atom. The Labute approximate surface area is 178 Å². The summed E-state index contributed by atoms with van der Waals surface area (Å²) in [7, 11) is 1.97. The van der Waals surface area contributed by atoms with Gasteiger partial charge in [0.15, 0.2) is 0 Å². The van der Waals surface area contributed by atoms with Crippen LogP contribution in [0.5, 0.6) is 0 Å². The van der Waals surface area contributed by atoms with Crippen molar-refractivity contribution in [1.82, 2.24) is 20.4 Å². The first-order chi connectivity index (χ1) is 15.1. The third-order valence-corrected chi connectivity index (χ3v) is 5.72. The average molecular weight is 416 g/mol. The summed E-state index contributed by atoms with van der Waals surface area (Å²) in [6.45, 7) is 0.658. The second kappa shape index (κ2) is 7.92. The highest BCUT2D eigenvalue weighted by Gasteiger charge is 2.35. The number of fused-ring (bicyclic) bond motifs is 1. The van der Waals surface area contributed by atoms with E-state index in [0.29, 0.717) is 30.2 Å². The second-order valence-corrected chi connectivity index (χ2v) is 7.89. The normalized spacial score (nSPS) is 19.0. The molecule has 5 rings (SSSR count). The van der Waals surface area contributed by atoms with E-state index in [1.165, 1.54) is 24.3 Å². The molecular weight excluding hydrogens is 395 g/mol. The Hall–Kier alpha value is -3.58. The lowest BCUT2D eigenvalue weighted by molar-refractivity contribution is 0.0938. The van der Waals surface area contributed by atoms with Crippen molar-refractivity contribution >= 4 is 16.7 Å². The number of carbonyl (C=O) groups excluding carboxylic acids is 1. The molecule has 2 unspecified atom stereocenters. The van der Waals surface area contributed by atoms with Crippen LogP contribution in [-0.2, 0) is 0 Å². The van der Waals surface area contributed by atoms with Gasteiger partial charge in [-0.3, -0.25) is 9.69 Å². The summed E-state index contributed by atoms with van der Waals surface area (Å²) < 4.78 is 18.7. The van der Waals surface area contributed by atoms with Crippen molar-refractivity contribution < 1.29 is 13.7 Å². The number of carbonyl (C=O) groups is 1. The molecule has 3 aromatic carbocycles. The molecule has 6 nitrogen and oxygen atoms in total. The molecule has 1 aliphatic heterocycles. The number of hydrogen-bond donors (Lipinski definition) is 1. The molecule has 1 saturated heterocycles. The maximum Gasteiger partial charge on any atom is 0.251 e. The van der Waals surface area contributed by atoms with Crippen molar-refractivity contribution in [3.63, 3.8) is 0 Å². The van der Waals surface area contributed by atoms with E-state index in [4.69, 9.17) is 4.52 Å². The molecule has 0 saturated carbocycles. The van der Waals surface area contributed by atoms with Crippen molar-refractivity contribution in [2.45, 2.75) is 18.5 Å². The van der Waals surface area contributed by atoms with E-state index < -0.39 is 0 Å². The lowest BCUT2D eigenvalue weighted by atomic mass is 10.1. The number of likely N-dealkylation sites (tertiary alicyclic amines) is 1. The zero-order valence-electron chi connectivity index (χ0n) is 17.0. The van der Waals surface area contributed by atoms with Crippen LogP contribution in [0.3, 0.4) is 0 Å². The minimum Gasteiger partial charge on any atom is -0.348 e. The van der Waals surface area contributed by atoms with E-state index in [2.05, 4.69) is 32.5 Å². The molecule has 31 heavy (non-hydrogen) atoms.